The van der Waals surface area contributed by atoms with Crippen LogP contribution >= 0.6 is 0 Å². The number of H-pyrrole nitrogens is 1. The standard InChI is InChI=1S/C28H32N6O2/c1-28(2,35)18-33-14-11-20-16-22(9-8-21(20)17-33)30-27-31-25-23(10-13-29-25)26(32-27)34-24(12-15-36-34)19-6-4-3-5-7-19/h3-10,13,16,24,35H,11-12,14-15,17-18H2,1-2H3,(H2,29,30,31,32)/t24-/m0/s1. The molecule has 1 atom stereocenters. The molecule has 8 nitrogen and oxygen atoms in total. The van der Waals surface area contributed by atoms with E-state index in [4.69, 9.17) is 14.8 Å². The second kappa shape index (κ2) is 9.20. The predicted molar refractivity (Wildman–Crippen MR) is 141 cm³/mol. The van der Waals surface area contributed by atoms with Crippen molar-refractivity contribution in [3.05, 3.63) is 77.5 Å². The number of nitrogens with one attached hydrogen (secondary N) is 2. The molecule has 1 fully saturated rings. The van der Waals surface area contributed by atoms with Gasteiger partial charge in [-0.25, -0.2) is 5.06 Å². The summed E-state index contributed by atoms with van der Waals surface area (Å²) in [6, 6.07) is 19.0. The summed E-state index contributed by atoms with van der Waals surface area (Å²) in [7, 11) is 0. The van der Waals surface area contributed by atoms with Gasteiger partial charge in [0.25, 0.3) is 0 Å². The van der Waals surface area contributed by atoms with Crippen molar-refractivity contribution < 1.29 is 9.94 Å². The molecule has 0 spiro atoms. The van der Waals surface area contributed by atoms with E-state index >= 15 is 0 Å². The van der Waals surface area contributed by atoms with Crippen molar-refractivity contribution in [1.82, 2.24) is 19.9 Å². The van der Waals surface area contributed by atoms with Crippen LogP contribution in [-0.4, -0.2) is 50.3 Å². The minimum absolute atomic E-state index is 0.0997. The molecule has 4 aromatic rings. The van der Waals surface area contributed by atoms with E-state index in [0.717, 1.165) is 48.5 Å². The summed E-state index contributed by atoms with van der Waals surface area (Å²) in [6.45, 7) is 6.82. The van der Waals surface area contributed by atoms with Gasteiger partial charge in [0.05, 0.1) is 23.6 Å². The van der Waals surface area contributed by atoms with Crippen LogP contribution in [0.2, 0.25) is 0 Å². The fourth-order valence-electron chi connectivity index (χ4n) is 5.31. The van der Waals surface area contributed by atoms with Gasteiger partial charge < -0.3 is 15.4 Å². The monoisotopic (exact) mass is 484 g/mol. The van der Waals surface area contributed by atoms with Crippen molar-refractivity contribution in [3.63, 3.8) is 0 Å². The molecule has 0 saturated carbocycles. The van der Waals surface area contributed by atoms with Crippen LogP contribution in [0.3, 0.4) is 0 Å². The number of aromatic nitrogens is 3. The van der Waals surface area contributed by atoms with Crippen LogP contribution in [0.1, 0.15) is 43.0 Å². The normalized spacial score (nSPS) is 18.5. The first-order valence-corrected chi connectivity index (χ1v) is 12.6. The lowest BCUT2D eigenvalue weighted by Gasteiger charge is -2.33. The van der Waals surface area contributed by atoms with Gasteiger partial charge in [0.2, 0.25) is 5.95 Å². The number of hydrogen-bond donors (Lipinski definition) is 3. The molecule has 36 heavy (non-hydrogen) atoms. The summed E-state index contributed by atoms with van der Waals surface area (Å²) in [4.78, 5) is 21.3. The molecule has 0 aliphatic carbocycles. The van der Waals surface area contributed by atoms with E-state index in [-0.39, 0.29) is 6.04 Å². The van der Waals surface area contributed by atoms with Gasteiger partial charge in [0, 0.05) is 37.9 Å². The zero-order valence-corrected chi connectivity index (χ0v) is 20.7. The molecule has 0 radical (unpaired) electrons. The first-order chi connectivity index (χ1) is 17.4. The van der Waals surface area contributed by atoms with Crippen molar-refractivity contribution in [2.45, 2.75) is 44.9 Å². The lowest BCUT2D eigenvalue weighted by molar-refractivity contribution is 0.0318. The minimum atomic E-state index is -0.691. The van der Waals surface area contributed by atoms with Crippen LogP contribution in [0.25, 0.3) is 11.0 Å². The highest BCUT2D eigenvalue weighted by Crippen LogP contribution is 2.37. The van der Waals surface area contributed by atoms with Gasteiger partial charge in [-0.1, -0.05) is 36.4 Å². The molecular weight excluding hydrogens is 452 g/mol. The Morgan fingerprint density at radius 3 is 2.81 bits per heavy atom. The van der Waals surface area contributed by atoms with Gasteiger partial charge in [-0.15, -0.1) is 0 Å². The average Bonchev–Trinajstić information content (AvgIpc) is 3.53. The van der Waals surface area contributed by atoms with E-state index in [2.05, 4.69) is 57.7 Å². The molecule has 8 heteroatoms. The van der Waals surface area contributed by atoms with E-state index in [1.165, 1.54) is 16.7 Å². The smallest absolute Gasteiger partial charge is 0.231 e. The molecule has 2 aromatic heterocycles. The Balaban J connectivity index is 1.27. The van der Waals surface area contributed by atoms with E-state index in [1.807, 2.05) is 37.2 Å². The maximum absolute atomic E-state index is 10.2. The van der Waals surface area contributed by atoms with E-state index in [1.54, 1.807) is 0 Å². The van der Waals surface area contributed by atoms with Crippen LogP contribution in [0.5, 0.6) is 0 Å². The zero-order chi connectivity index (χ0) is 24.7. The third kappa shape index (κ3) is 4.67. The molecule has 0 bridgehead atoms. The van der Waals surface area contributed by atoms with Gasteiger partial charge in [0.15, 0.2) is 5.82 Å². The van der Waals surface area contributed by atoms with Gasteiger partial charge in [-0.05, 0) is 55.2 Å². The number of benzene rings is 2. The summed E-state index contributed by atoms with van der Waals surface area (Å²) in [6.07, 6.45) is 3.74. The number of β-amino-alcohol motifs (C(OH)–C–C–N with tert-alkyl or cyclic N) is 1. The Labute approximate surface area is 210 Å². The molecular formula is C28H32N6O2. The van der Waals surface area contributed by atoms with Crippen LogP contribution < -0.4 is 10.4 Å². The number of nitrogens with zero attached hydrogens (tertiary/aromatic N) is 4. The molecule has 0 unspecified atom stereocenters. The molecule has 2 aromatic carbocycles. The molecule has 6 rings (SSSR count). The Kier molecular flexibility index (Phi) is 5.87. The van der Waals surface area contributed by atoms with E-state index in [0.29, 0.717) is 19.1 Å². The lowest BCUT2D eigenvalue weighted by Crippen LogP contribution is -2.41. The minimum Gasteiger partial charge on any atom is -0.389 e. The van der Waals surface area contributed by atoms with Crippen LogP contribution in [0, 0.1) is 0 Å². The first kappa shape index (κ1) is 23.0. The van der Waals surface area contributed by atoms with Crippen molar-refractivity contribution in [2.75, 3.05) is 30.1 Å². The fraction of sp³-hybridized carbons (Fsp3) is 0.357. The number of anilines is 3. The number of aliphatic hydroxyl groups is 1. The van der Waals surface area contributed by atoms with Crippen LogP contribution in [0.15, 0.2) is 60.8 Å². The quantitative estimate of drug-likeness (QED) is 0.365. The van der Waals surface area contributed by atoms with Crippen molar-refractivity contribution >= 4 is 28.5 Å². The second-order valence-electron chi connectivity index (χ2n) is 10.4. The molecule has 186 valence electrons. The SMILES string of the molecule is CC(C)(O)CN1CCc2cc(Nc3nc(N4OCC[C@H]4c4ccccc4)c4cc[nH]c4n3)ccc2C1. The number of fused-ring (bicyclic) bond motifs is 2. The summed E-state index contributed by atoms with van der Waals surface area (Å²) < 4.78 is 0. The lowest BCUT2D eigenvalue weighted by atomic mass is 9.97. The second-order valence-corrected chi connectivity index (χ2v) is 10.4. The summed E-state index contributed by atoms with van der Waals surface area (Å²) in [5.74, 6) is 1.29. The molecule has 2 aliphatic heterocycles. The Morgan fingerprint density at radius 1 is 1.11 bits per heavy atom. The van der Waals surface area contributed by atoms with Crippen molar-refractivity contribution in [2.24, 2.45) is 0 Å². The van der Waals surface area contributed by atoms with Gasteiger partial charge in [-0.2, -0.15) is 9.97 Å². The van der Waals surface area contributed by atoms with Gasteiger partial charge >= 0.3 is 0 Å². The molecule has 0 amide bonds. The number of aromatic amines is 1. The third-order valence-corrected chi connectivity index (χ3v) is 6.86. The highest BCUT2D eigenvalue weighted by atomic mass is 16.7. The maximum atomic E-state index is 10.2. The Hall–Kier alpha value is -3.46. The fourth-order valence-corrected chi connectivity index (χ4v) is 5.31. The van der Waals surface area contributed by atoms with Crippen LogP contribution in [0.4, 0.5) is 17.5 Å². The average molecular weight is 485 g/mol. The van der Waals surface area contributed by atoms with Crippen molar-refractivity contribution in [3.8, 4) is 0 Å². The maximum Gasteiger partial charge on any atom is 0.231 e. The molecule has 4 heterocycles. The third-order valence-electron chi connectivity index (χ3n) is 6.86. The number of hydroxylamine groups is 1. The summed E-state index contributed by atoms with van der Waals surface area (Å²) in [5, 5.41) is 16.5. The van der Waals surface area contributed by atoms with Crippen LogP contribution in [-0.2, 0) is 17.8 Å². The van der Waals surface area contributed by atoms with E-state index < -0.39 is 5.60 Å². The molecule has 1 saturated heterocycles. The topological polar surface area (TPSA) is 89.5 Å². The highest BCUT2D eigenvalue weighted by molar-refractivity contribution is 5.88. The first-order valence-electron chi connectivity index (χ1n) is 12.6. The predicted octanol–water partition coefficient (Wildman–Crippen LogP) is 4.71. The number of rotatable bonds is 6. The Bertz CT molecular complexity index is 1360. The summed E-state index contributed by atoms with van der Waals surface area (Å²) >= 11 is 0. The highest BCUT2D eigenvalue weighted by Gasteiger charge is 2.31. The van der Waals surface area contributed by atoms with Crippen molar-refractivity contribution in [1.29, 1.82) is 0 Å². The number of hydrogen-bond acceptors (Lipinski definition) is 7. The van der Waals surface area contributed by atoms with E-state index in [9.17, 15) is 5.11 Å². The molecule has 3 N–H and O–H groups in total. The van der Waals surface area contributed by atoms with Gasteiger partial charge in [0.1, 0.15) is 5.65 Å². The molecule has 2 aliphatic rings. The largest absolute Gasteiger partial charge is 0.389 e. The summed E-state index contributed by atoms with van der Waals surface area (Å²) in [5.41, 5.74) is 4.87. The zero-order valence-electron chi connectivity index (χ0n) is 20.7. The van der Waals surface area contributed by atoms with Gasteiger partial charge in [-0.3, -0.25) is 9.74 Å². The Morgan fingerprint density at radius 2 is 1.97 bits per heavy atom.